The summed E-state index contributed by atoms with van der Waals surface area (Å²) in [7, 11) is -0.783. The van der Waals surface area contributed by atoms with Crippen LogP contribution in [0.1, 0.15) is 26.2 Å². The van der Waals surface area contributed by atoms with Crippen LogP contribution in [0.15, 0.2) is 24.3 Å². The van der Waals surface area contributed by atoms with Gasteiger partial charge in [0.2, 0.25) is 5.91 Å². The molecule has 0 fully saturated rings. The number of nitrogens with one attached hydrogen (secondary N) is 1. The van der Waals surface area contributed by atoms with E-state index in [9.17, 15) is 9.00 Å². The predicted octanol–water partition coefficient (Wildman–Crippen LogP) is 2.15. The fourth-order valence-electron chi connectivity index (χ4n) is 1.51. The van der Waals surface area contributed by atoms with Crippen LogP contribution in [0.5, 0.6) is 0 Å². The van der Waals surface area contributed by atoms with E-state index in [1.165, 1.54) is 0 Å². The number of carbonyl (C=O) groups is 1. The molecular formula is C13H20N2O2S. The normalized spacial score (nSPS) is 12.1. The molecule has 0 radical (unpaired) electrons. The molecule has 1 aromatic rings. The topological polar surface area (TPSA) is 72.2 Å². The number of amides is 1. The van der Waals surface area contributed by atoms with Crippen LogP contribution in [-0.2, 0) is 15.6 Å². The minimum absolute atomic E-state index is 0.0479. The van der Waals surface area contributed by atoms with E-state index >= 15 is 0 Å². The molecule has 1 rings (SSSR count). The van der Waals surface area contributed by atoms with E-state index in [0.717, 1.165) is 17.9 Å². The summed E-state index contributed by atoms with van der Waals surface area (Å²) in [4.78, 5) is 11.6. The first kappa shape index (κ1) is 14.7. The summed E-state index contributed by atoms with van der Waals surface area (Å²) < 4.78 is 11.4. The Balaban J connectivity index is 2.25. The summed E-state index contributed by atoms with van der Waals surface area (Å²) >= 11 is 0. The molecule has 0 aliphatic carbocycles. The fraction of sp³-hybridized carbons (Fsp3) is 0.462. The van der Waals surface area contributed by atoms with Gasteiger partial charge in [0, 0.05) is 40.1 Å². The molecule has 3 N–H and O–H groups in total. The molecule has 1 aromatic carbocycles. The maximum atomic E-state index is 11.6. The zero-order valence-electron chi connectivity index (χ0n) is 10.6. The molecule has 5 heteroatoms. The highest BCUT2D eigenvalue weighted by molar-refractivity contribution is 7.84. The van der Waals surface area contributed by atoms with Crippen LogP contribution < -0.4 is 11.1 Å². The Morgan fingerprint density at radius 3 is 2.56 bits per heavy atom. The lowest BCUT2D eigenvalue weighted by Crippen LogP contribution is -2.13. The molecule has 0 bridgehead atoms. The van der Waals surface area contributed by atoms with Gasteiger partial charge >= 0.3 is 0 Å². The minimum atomic E-state index is -0.783. The van der Waals surface area contributed by atoms with Crippen molar-refractivity contribution in [2.45, 2.75) is 26.2 Å². The standard InChI is InChI=1S/C13H20N2O2S/c1-2-9-18(17)10-3-4-13(16)15-12-7-5-11(14)6-8-12/h5-8H,2-4,9-10,14H2,1H3,(H,15,16). The number of nitrogen functional groups attached to an aromatic ring is 1. The van der Waals surface area contributed by atoms with E-state index in [4.69, 9.17) is 5.73 Å². The number of benzene rings is 1. The first-order chi connectivity index (χ1) is 8.61. The van der Waals surface area contributed by atoms with Gasteiger partial charge in [0.05, 0.1) is 0 Å². The average molecular weight is 268 g/mol. The smallest absolute Gasteiger partial charge is 0.224 e. The molecule has 4 nitrogen and oxygen atoms in total. The zero-order valence-corrected chi connectivity index (χ0v) is 11.5. The molecule has 0 saturated heterocycles. The molecule has 0 spiro atoms. The number of anilines is 2. The van der Waals surface area contributed by atoms with Crippen molar-refractivity contribution in [1.29, 1.82) is 0 Å². The molecule has 100 valence electrons. The minimum Gasteiger partial charge on any atom is -0.399 e. The molecular weight excluding hydrogens is 248 g/mol. The highest BCUT2D eigenvalue weighted by Crippen LogP contribution is 2.11. The van der Waals surface area contributed by atoms with Gasteiger partial charge < -0.3 is 11.1 Å². The second-order valence-corrected chi connectivity index (χ2v) is 5.82. The number of nitrogens with two attached hydrogens (primary N) is 1. The molecule has 1 atom stereocenters. The van der Waals surface area contributed by atoms with Crippen molar-refractivity contribution in [1.82, 2.24) is 0 Å². The van der Waals surface area contributed by atoms with E-state index in [-0.39, 0.29) is 5.91 Å². The van der Waals surface area contributed by atoms with E-state index in [1.54, 1.807) is 24.3 Å². The Bertz CT molecular complexity index is 404. The second-order valence-electron chi connectivity index (χ2n) is 4.12. The zero-order chi connectivity index (χ0) is 13.4. The molecule has 0 heterocycles. The Morgan fingerprint density at radius 1 is 1.28 bits per heavy atom. The largest absolute Gasteiger partial charge is 0.399 e. The third kappa shape index (κ3) is 5.82. The summed E-state index contributed by atoms with van der Waals surface area (Å²) in [5, 5.41) is 2.78. The van der Waals surface area contributed by atoms with Crippen LogP contribution in [0.3, 0.4) is 0 Å². The Kier molecular flexibility index (Phi) is 6.43. The lowest BCUT2D eigenvalue weighted by atomic mass is 10.2. The lowest BCUT2D eigenvalue weighted by Gasteiger charge is -2.05. The number of carbonyl (C=O) groups excluding carboxylic acids is 1. The fourth-order valence-corrected chi connectivity index (χ4v) is 2.64. The summed E-state index contributed by atoms with van der Waals surface area (Å²) in [5.41, 5.74) is 6.96. The van der Waals surface area contributed by atoms with Gasteiger partial charge in [-0.05, 0) is 37.1 Å². The van der Waals surface area contributed by atoms with Crippen LogP contribution in [0.25, 0.3) is 0 Å². The van der Waals surface area contributed by atoms with Crippen LogP contribution in [-0.4, -0.2) is 21.6 Å². The predicted molar refractivity (Wildman–Crippen MR) is 76.9 cm³/mol. The van der Waals surface area contributed by atoms with Crippen molar-refractivity contribution in [3.63, 3.8) is 0 Å². The molecule has 0 aliphatic heterocycles. The van der Waals surface area contributed by atoms with Gasteiger partial charge in [0.1, 0.15) is 0 Å². The van der Waals surface area contributed by atoms with E-state index in [1.807, 2.05) is 6.92 Å². The quantitative estimate of drug-likeness (QED) is 0.744. The Morgan fingerprint density at radius 2 is 1.94 bits per heavy atom. The monoisotopic (exact) mass is 268 g/mol. The van der Waals surface area contributed by atoms with Gasteiger partial charge in [-0.25, -0.2) is 0 Å². The third-order valence-electron chi connectivity index (χ3n) is 2.40. The maximum Gasteiger partial charge on any atom is 0.224 e. The van der Waals surface area contributed by atoms with Crippen molar-refractivity contribution < 1.29 is 9.00 Å². The van der Waals surface area contributed by atoms with Gasteiger partial charge in [0.25, 0.3) is 0 Å². The summed E-state index contributed by atoms with van der Waals surface area (Å²) in [6.45, 7) is 2.01. The molecule has 1 amide bonds. The number of rotatable bonds is 7. The number of hydrogen-bond donors (Lipinski definition) is 2. The van der Waals surface area contributed by atoms with Gasteiger partial charge in [-0.15, -0.1) is 0 Å². The van der Waals surface area contributed by atoms with Crippen molar-refractivity contribution in [2.24, 2.45) is 0 Å². The van der Waals surface area contributed by atoms with Gasteiger partial charge in [-0.1, -0.05) is 6.92 Å². The van der Waals surface area contributed by atoms with Gasteiger partial charge in [-0.3, -0.25) is 9.00 Å². The van der Waals surface area contributed by atoms with Crippen LogP contribution in [0.4, 0.5) is 11.4 Å². The van der Waals surface area contributed by atoms with Crippen LogP contribution >= 0.6 is 0 Å². The SMILES string of the molecule is CCCS(=O)CCCC(=O)Nc1ccc(N)cc1. The molecule has 18 heavy (non-hydrogen) atoms. The van der Waals surface area contributed by atoms with Crippen LogP contribution in [0.2, 0.25) is 0 Å². The molecule has 0 saturated carbocycles. The van der Waals surface area contributed by atoms with Gasteiger partial charge in [0.15, 0.2) is 0 Å². The molecule has 1 unspecified atom stereocenters. The maximum absolute atomic E-state index is 11.6. The number of hydrogen-bond acceptors (Lipinski definition) is 3. The van der Waals surface area contributed by atoms with Crippen LogP contribution in [0, 0.1) is 0 Å². The lowest BCUT2D eigenvalue weighted by molar-refractivity contribution is -0.116. The van der Waals surface area contributed by atoms with E-state index in [0.29, 0.717) is 24.3 Å². The highest BCUT2D eigenvalue weighted by Gasteiger charge is 2.04. The highest BCUT2D eigenvalue weighted by atomic mass is 32.2. The first-order valence-electron chi connectivity index (χ1n) is 6.12. The van der Waals surface area contributed by atoms with Gasteiger partial charge in [-0.2, -0.15) is 0 Å². The van der Waals surface area contributed by atoms with Crippen molar-refractivity contribution in [2.75, 3.05) is 22.6 Å². The summed E-state index contributed by atoms with van der Waals surface area (Å²) in [6, 6.07) is 7.02. The van der Waals surface area contributed by atoms with Crippen molar-refractivity contribution >= 4 is 28.1 Å². The summed E-state index contributed by atoms with van der Waals surface area (Å²) in [5.74, 6) is 1.27. The van der Waals surface area contributed by atoms with E-state index in [2.05, 4.69) is 5.32 Å². The summed E-state index contributed by atoms with van der Waals surface area (Å²) in [6.07, 6.45) is 1.98. The Labute approximate surface area is 110 Å². The third-order valence-corrected chi connectivity index (χ3v) is 4.01. The van der Waals surface area contributed by atoms with Crippen molar-refractivity contribution in [3.05, 3.63) is 24.3 Å². The first-order valence-corrected chi connectivity index (χ1v) is 7.61. The van der Waals surface area contributed by atoms with E-state index < -0.39 is 10.8 Å². The van der Waals surface area contributed by atoms with Crippen molar-refractivity contribution in [3.8, 4) is 0 Å². The second kappa shape index (κ2) is 7.87. The Hall–Kier alpha value is -1.36. The molecule has 0 aliphatic rings. The average Bonchev–Trinajstić information content (AvgIpc) is 2.32. The molecule has 0 aromatic heterocycles.